The number of hydrogen-bond acceptors (Lipinski definition) is 5. The van der Waals surface area contributed by atoms with Gasteiger partial charge in [0.15, 0.2) is 9.84 Å². The highest BCUT2D eigenvalue weighted by Crippen LogP contribution is 2.14. The molecule has 2 saturated heterocycles. The molecule has 6 nitrogen and oxygen atoms in total. The molecule has 2 rings (SSSR count). The van der Waals surface area contributed by atoms with Crippen LogP contribution in [0, 0.1) is 0 Å². The van der Waals surface area contributed by atoms with Gasteiger partial charge in [0, 0.05) is 19.1 Å². The fourth-order valence-electron chi connectivity index (χ4n) is 2.45. The molecule has 1 unspecified atom stereocenters. The summed E-state index contributed by atoms with van der Waals surface area (Å²) in [4.78, 5) is 0. The van der Waals surface area contributed by atoms with E-state index in [-0.39, 0.29) is 29.8 Å². The summed E-state index contributed by atoms with van der Waals surface area (Å²) in [6.07, 6.45) is 2.29. The lowest BCUT2D eigenvalue weighted by Crippen LogP contribution is -2.41. The Kier molecular flexibility index (Phi) is 4.30. The van der Waals surface area contributed by atoms with Crippen LogP contribution >= 0.6 is 0 Å². The Morgan fingerprint density at radius 2 is 1.94 bits per heavy atom. The van der Waals surface area contributed by atoms with Gasteiger partial charge in [0.2, 0.25) is 10.0 Å². The summed E-state index contributed by atoms with van der Waals surface area (Å²) < 4.78 is 48.6. The monoisotopic (exact) mass is 296 g/mol. The van der Waals surface area contributed by atoms with Gasteiger partial charge in [-0.1, -0.05) is 0 Å². The van der Waals surface area contributed by atoms with Crippen LogP contribution in [-0.2, 0) is 19.9 Å². The van der Waals surface area contributed by atoms with Gasteiger partial charge in [-0.05, 0) is 25.8 Å². The first-order valence-electron chi connectivity index (χ1n) is 6.31. The number of sulfone groups is 1. The average molecular weight is 296 g/mol. The zero-order valence-corrected chi connectivity index (χ0v) is 12.0. The molecule has 0 saturated carbocycles. The summed E-state index contributed by atoms with van der Waals surface area (Å²) in [5, 5.41) is 3.16. The maximum atomic E-state index is 12.2. The van der Waals surface area contributed by atoms with Crippen molar-refractivity contribution in [2.24, 2.45) is 0 Å². The summed E-state index contributed by atoms with van der Waals surface area (Å²) in [6.45, 7) is 1.31. The minimum Gasteiger partial charge on any atom is -0.313 e. The Morgan fingerprint density at radius 1 is 1.17 bits per heavy atom. The Hall–Kier alpha value is -0.180. The van der Waals surface area contributed by atoms with Crippen LogP contribution in [0.2, 0.25) is 0 Å². The largest absolute Gasteiger partial charge is 0.313 e. The van der Waals surface area contributed by atoms with Crippen LogP contribution in [0.5, 0.6) is 0 Å². The number of nitrogens with zero attached hydrogens (tertiary/aromatic N) is 1. The predicted molar refractivity (Wildman–Crippen MR) is 69.7 cm³/mol. The zero-order chi connectivity index (χ0) is 13.2. The van der Waals surface area contributed by atoms with E-state index in [1.807, 2.05) is 0 Å². The maximum Gasteiger partial charge on any atom is 0.215 e. The van der Waals surface area contributed by atoms with E-state index in [2.05, 4.69) is 5.32 Å². The number of sulfonamides is 1. The minimum atomic E-state index is -3.33. The van der Waals surface area contributed by atoms with Crippen LogP contribution in [0.1, 0.15) is 19.3 Å². The molecule has 0 radical (unpaired) electrons. The van der Waals surface area contributed by atoms with E-state index in [4.69, 9.17) is 0 Å². The van der Waals surface area contributed by atoms with Crippen molar-refractivity contribution >= 4 is 19.9 Å². The van der Waals surface area contributed by atoms with E-state index in [0.29, 0.717) is 13.0 Å². The first-order chi connectivity index (χ1) is 8.39. The third-order valence-electron chi connectivity index (χ3n) is 3.48. The quantitative estimate of drug-likeness (QED) is 0.736. The van der Waals surface area contributed by atoms with Crippen molar-refractivity contribution in [2.45, 2.75) is 25.3 Å². The Balaban J connectivity index is 2.00. The highest BCUT2D eigenvalue weighted by molar-refractivity contribution is 7.91. The highest BCUT2D eigenvalue weighted by atomic mass is 32.2. The lowest BCUT2D eigenvalue weighted by Gasteiger charge is -2.21. The molecule has 18 heavy (non-hydrogen) atoms. The zero-order valence-electron chi connectivity index (χ0n) is 10.3. The third kappa shape index (κ3) is 3.66. The van der Waals surface area contributed by atoms with Gasteiger partial charge >= 0.3 is 0 Å². The summed E-state index contributed by atoms with van der Waals surface area (Å²) in [5.74, 6) is 0.137. The van der Waals surface area contributed by atoms with Crippen molar-refractivity contribution in [1.29, 1.82) is 0 Å². The number of nitrogens with one attached hydrogen (secondary N) is 1. The SMILES string of the molecule is O=S1(=O)CCCN(S(=O)(=O)CC2CCCN2)CC1. The molecule has 0 bridgehead atoms. The van der Waals surface area contributed by atoms with Gasteiger partial charge in [-0.15, -0.1) is 0 Å². The molecule has 0 aromatic carbocycles. The van der Waals surface area contributed by atoms with E-state index in [9.17, 15) is 16.8 Å². The second-order valence-corrected chi connectivity index (χ2v) is 9.29. The summed E-state index contributed by atoms with van der Waals surface area (Å²) >= 11 is 0. The molecule has 106 valence electrons. The molecule has 0 spiro atoms. The van der Waals surface area contributed by atoms with Gasteiger partial charge in [-0.3, -0.25) is 0 Å². The van der Waals surface area contributed by atoms with Gasteiger partial charge in [0.1, 0.15) is 0 Å². The van der Waals surface area contributed by atoms with Gasteiger partial charge in [-0.25, -0.2) is 21.1 Å². The summed E-state index contributed by atoms with van der Waals surface area (Å²) in [5.41, 5.74) is 0. The smallest absolute Gasteiger partial charge is 0.215 e. The van der Waals surface area contributed by atoms with Gasteiger partial charge < -0.3 is 5.32 Å². The van der Waals surface area contributed by atoms with E-state index < -0.39 is 19.9 Å². The van der Waals surface area contributed by atoms with Crippen LogP contribution in [-0.4, -0.2) is 64.1 Å². The first kappa shape index (κ1) is 14.2. The molecule has 1 atom stereocenters. The molecular weight excluding hydrogens is 276 g/mol. The summed E-state index contributed by atoms with van der Waals surface area (Å²) in [6, 6.07) is 0.0230. The van der Waals surface area contributed by atoms with E-state index >= 15 is 0 Å². The van der Waals surface area contributed by atoms with Crippen LogP contribution in [0.25, 0.3) is 0 Å². The first-order valence-corrected chi connectivity index (χ1v) is 9.74. The molecule has 2 aliphatic heterocycles. The third-order valence-corrected chi connectivity index (χ3v) is 7.17. The minimum absolute atomic E-state index is 0.0230. The lowest BCUT2D eigenvalue weighted by molar-refractivity contribution is 0.429. The molecular formula is C10H20N2O4S2. The van der Waals surface area contributed by atoms with E-state index in [0.717, 1.165) is 19.4 Å². The molecule has 0 aromatic heterocycles. The normalized spacial score (nSPS) is 30.1. The fraction of sp³-hybridized carbons (Fsp3) is 1.00. The topological polar surface area (TPSA) is 83.6 Å². The van der Waals surface area contributed by atoms with Crippen LogP contribution in [0.15, 0.2) is 0 Å². The molecule has 0 aliphatic carbocycles. The van der Waals surface area contributed by atoms with Gasteiger partial charge in [0.25, 0.3) is 0 Å². The van der Waals surface area contributed by atoms with Crippen LogP contribution < -0.4 is 5.32 Å². The van der Waals surface area contributed by atoms with Crippen molar-refractivity contribution in [2.75, 3.05) is 36.9 Å². The number of hydrogen-bond donors (Lipinski definition) is 1. The molecule has 2 fully saturated rings. The summed E-state index contributed by atoms with van der Waals surface area (Å²) in [7, 11) is -6.40. The molecule has 1 N–H and O–H groups in total. The Morgan fingerprint density at radius 3 is 2.61 bits per heavy atom. The van der Waals surface area contributed by atoms with Gasteiger partial charge in [-0.2, -0.15) is 0 Å². The maximum absolute atomic E-state index is 12.2. The van der Waals surface area contributed by atoms with E-state index in [1.54, 1.807) is 0 Å². The van der Waals surface area contributed by atoms with Crippen molar-refractivity contribution in [3.05, 3.63) is 0 Å². The van der Waals surface area contributed by atoms with Crippen molar-refractivity contribution in [3.8, 4) is 0 Å². The van der Waals surface area contributed by atoms with Crippen molar-refractivity contribution in [3.63, 3.8) is 0 Å². The van der Waals surface area contributed by atoms with Crippen molar-refractivity contribution in [1.82, 2.24) is 9.62 Å². The van der Waals surface area contributed by atoms with E-state index in [1.165, 1.54) is 4.31 Å². The van der Waals surface area contributed by atoms with Crippen LogP contribution in [0.3, 0.4) is 0 Å². The Bertz CT molecular complexity index is 480. The molecule has 8 heteroatoms. The highest BCUT2D eigenvalue weighted by Gasteiger charge is 2.30. The molecule has 2 aliphatic rings. The van der Waals surface area contributed by atoms with Crippen LogP contribution in [0.4, 0.5) is 0 Å². The average Bonchev–Trinajstić information content (AvgIpc) is 2.67. The molecule has 0 aromatic rings. The number of rotatable bonds is 3. The Labute approximate surface area is 109 Å². The van der Waals surface area contributed by atoms with Gasteiger partial charge in [0.05, 0.1) is 17.3 Å². The second kappa shape index (κ2) is 5.44. The second-order valence-electron chi connectivity index (χ2n) is 4.98. The predicted octanol–water partition coefficient (Wildman–Crippen LogP) is -0.811. The fourth-order valence-corrected chi connectivity index (χ4v) is 5.62. The molecule has 2 heterocycles. The lowest BCUT2D eigenvalue weighted by atomic mass is 10.3. The molecule has 0 amide bonds. The van der Waals surface area contributed by atoms with Crippen molar-refractivity contribution < 1.29 is 16.8 Å². The standard InChI is InChI=1S/C10H20N2O4S2/c13-17(14)7-2-5-12(6-8-17)18(15,16)9-10-3-1-4-11-10/h10-11H,1-9H2.